The third-order valence-corrected chi connectivity index (χ3v) is 7.02. The zero-order valence-electron chi connectivity index (χ0n) is 11.8. The minimum atomic E-state index is -3.65. The first kappa shape index (κ1) is 15.2. The van der Waals surface area contributed by atoms with E-state index in [1.165, 1.54) is 6.42 Å². The Labute approximate surface area is 127 Å². The number of hydrogen-bond acceptors (Lipinski definition) is 6. The minimum absolute atomic E-state index is 0.0577. The first-order valence-electron chi connectivity index (χ1n) is 7.01. The summed E-state index contributed by atoms with van der Waals surface area (Å²) >= 11 is 0.711. The van der Waals surface area contributed by atoms with Crippen molar-refractivity contribution in [2.24, 2.45) is 0 Å². The van der Waals surface area contributed by atoms with E-state index in [9.17, 15) is 13.2 Å². The third-order valence-electron chi connectivity index (χ3n) is 3.99. The summed E-state index contributed by atoms with van der Waals surface area (Å²) in [5, 5.41) is 0. The van der Waals surface area contributed by atoms with Gasteiger partial charge in [0.2, 0.25) is 0 Å². The molecular formula is C12H19N3O4S2. The highest BCUT2D eigenvalue weighted by molar-refractivity contribution is 7.91. The van der Waals surface area contributed by atoms with Gasteiger partial charge in [-0.2, -0.15) is 0 Å². The molecule has 0 amide bonds. The first-order chi connectivity index (χ1) is 9.95. The molecule has 0 aliphatic carbocycles. The predicted molar refractivity (Wildman–Crippen MR) is 79.2 cm³/mol. The number of hydrogen-bond donors (Lipinski definition) is 2. The molecule has 2 unspecified atom stereocenters. The molecule has 0 saturated carbocycles. The average Bonchev–Trinajstić information content (AvgIpc) is 3.02. The summed E-state index contributed by atoms with van der Waals surface area (Å²) in [4.78, 5) is 15.7. The largest absolute Gasteiger partial charge is 0.374 e. The van der Waals surface area contributed by atoms with Crippen molar-refractivity contribution in [3.8, 4) is 0 Å². The van der Waals surface area contributed by atoms with Crippen LogP contribution in [0.25, 0.3) is 0 Å². The van der Waals surface area contributed by atoms with Crippen molar-refractivity contribution in [2.45, 2.75) is 36.1 Å². The number of ether oxygens (including phenoxy) is 1. The molecule has 3 rings (SSSR count). The van der Waals surface area contributed by atoms with Crippen LogP contribution in [-0.2, 0) is 14.8 Å². The van der Waals surface area contributed by atoms with Crippen molar-refractivity contribution < 1.29 is 13.2 Å². The van der Waals surface area contributed by atoms with Crippen LogP contribution in [0, 0.1) is 6.92 Å². The van der Waals surface area contributed by atoms with Gasteiger partial charge in [-0.05, 0) is 26.3 Å². The van der Waals surface area contributed by atoms with Crippen LogP contribution in [0.15, 0.2) is 9.00 Å². The summed E-state index contributed by atoms with van der Waals surface area (Å²) in [5.74, 6) is 0. The SMILES string of the molecule is Cc1[nH]c(=O)sc1S(=O)(=O)NCC1CN2CCCC2CO1. The van der Waals surface area contributed by atoms with Gasteiger partial charge in [-0.1, -0.05) is 11.3 Å². The molecule has 2 aliphatic rings. The fourth-order valence-corrected chi connectivity index (χ4v) is 5.33. The molecule has 2 fully saturated rings. The average molecular weight is 333 g/mol. The van der Waals surface area contributed by atoms with Crippen LogP contribution < -0.4 is 9.60 Å². The number of aromatic nitrogens is 1. The summed E-state index contributed by atoms with van der Waals surface area (Å²) in [7, 11) is -3.65. The van der Waals surface area contributed by atoms with Gasteiger partial charge in [0.1, 0.15) is 0 Å². The number of aromatic amines is 1. The number of sulfonamides is 1. The van der Waals surface area contributed by atoms with Crippen molar-refractivity contribution in [3.63, 3.8) is 0 Å². The number of morpholine rings is 1. The van der Waals surface area contributed by atoms with Gasteiger partial charge in [-0.15, -0.1) is 0 Å². The Morgan fingerprint density at radius 1 is 1.52 bits per heavy atom. The number of rotatable bonds is 4. The predicted octanol–water partition coefficient (Wildman–Crippen LogP) is -0.114. The first-order valence-corrected chi connectivity index (χ1v) is 9.31. The van der Waals surface area contributed by atoms with Gasteiger partial charge in [-0.3, -0.25) is 9.69 Å². The molecule has 118 valence electrons. The Bertz CT molecular complexity index is 666. The molecule has 0 spiro atoms. The van der Waals surface area contributed by atoms with Gasteiger partial charge >= 0.3 is 4.87 Å². The summed E-state index contributed by atoms with van der Waals surface area (Å²) in [5.41, 5.74) is 0.377. The number of fused-ring (bicyclic) bond motifs is 1. The van der Waals surface area contributed by atoms with E-state index in [1.807, 2.05) is 0 Å². The van der Waals surface area contributed by atoms with E-state index in [1.54, 1.807) is 6.92 Å². The zero-order chi connectivity index (χ0) is 15.0. The lowest BCUT2D eigenvalue weighted by Gasteiger charge is -2.35. The number of H-pyrrole nitrogens is 1. The molecule has 2 saturated heterocycles. The van der Waals surface area contributed by atoms with Crippen LogP contribution in [0.1, 0.15) is 18.5 Å². The molecule has 0 aromatic carbocycles. The van der Waals surface area contributed by atoms with E-state index in [-0.39, 0.29) is 21.7 Å². The fourth-order valence-electron chi connectivity index (χ4n) is 2.92. The monoisotopic (exact) mass is 333 g/mol. The van der Waals surface area contributed by atoms with Crippen molar-refractivity contribution in [2.75, 3.05) is 26.2 Å². The topological polar surface area (TPSA) is 91.5 Å². The molecule has 2 N–H and O–H groups in total. The maximum atomic E-state index is 12.2. The second-order valence-corrected chi connectivity index (χ2v) is 8.47. The molecular weight excluding hydrogens is 314 g/mol. The Kier molecular flexibility index (Phi) is 4.19. The molecule has 9 heteroatoms. The summed E-state index contributed by atoms with van der Waals surface area (Å²) < 4.78 is 32.7. The Hall–Kier alpha value is -0.740. The maximum Gasteiger partial charge on any atom is 0.305 e. The van der Waals surface area contributed by atoms with Crippen LogP contribution in [-0.4, -0.2) is 56.7 Å². The lowest BCUT2D eigenvalue weighted by molar-refractivity contribution is -0.0448. The van der Waals surface area contributed by atoms with E-state index in [2.05, 4.69) is 14.6 Å². The lowest BCUT2D eigenvalue weighted by Crippen LogP contribution is -2.50. The van der Waals surface area contributed by atoms with Crippen LogP contribution in [0.3, 0.4) is 0 Å². The van der Waals surface area contributed by atoms with E-state index >= 15 is 0 Å². The molecule has 0 radical (unpaired) electrons. The summed E-state index contributed by atoms with van der Waals surface area (Å²) in [6, 6.07) is 0.495. The lowest BCUT2D eigenvalue weighted by atomic mass is 10.2. The van der Waals surface area contributed by atoms with Gasteiger partial charge in [0.15, 0.2) is 4.21 Å². The Morgan fingerprint density at radius 3 is 3.05 bits per heavy atom. The van der Waals surface area contributed by atoms with E-state index in [0.717, 1.165) is 19.5 Å². The van der Waals surface area contributed by atoms with Gasteiger partial charge < -0.3 is 9.72 Å². The van der Waals surface area contributed by atoms with Gasteiger partial charge in [0, 0.05) is 24.8 Å². The van der Waals surface area contributed by atoms with Gasteiger partial charge in [-0.25, -0.2) is 13.1 Å². The number of nitrogens with zero attached hydrogens (tertiary/aromatic N) is 1. The normalized spacial score (nSPS) is 26.9. The Morgan fingerprint density at radius 2 is 2.33 bits per heavy atom. The standard InChI is InChI=1S/C12H19N3O4S2/c1-8-11(20-12(16)14-8)21(17,18)13-5-10-6-15-4-2-3-9(15)7-19-10/h9-10,13H,2-7H2,1H3,(H,14,16). The van der Waals surface area contributed by atoms with Gasteiger partial charge in [0.05, 0.1) is 12.7 Å². The number of thiazole rings is 1. The number of aryl methyl sites for hydroxylation is 1. The van der Waals surface area contributed by atoms with Crippen LogP contribution in [0.2, 0.25) is 0 Å². The van der Waals surface area contributed by atoms with Crippen molar-refractivity contribution in [1.29, 1.82) is 0 Å². The van der Waals surface area contributed by atoms with E-state index in [4.69, 9.17) is 4.74 Å². The van der Waals surface area contributed by atoms with E-state index in [0.29, 0.717) is 29.7 Å². The number of nitrogens with one attached hydrogen (secondary N) is 2. The maximum absolute atomic E-state index is 12.2. The quantitative estimate of drug-likeness (QED) is 0.802. The zero-order valence-corrected chi connectivity index (χ0v) is 13.4. The molecule has 1 aromatic heterocycles. The smallest absolute Gasteiger partial charge is 0.305 e. The molecule has 2 atom stereocenters. The molecule has 7 nitrogen and oxygen atoms in total. The highest BCUT2D eigenvalue weighted by Crippen LogP contribution is 2.22. The summed E-state index contributed by atoms with van der Waals surface area (Å²) in [6.07, 6.45) is 2.21. The molecule has 21 heavy (non-hydrogen) atoms. The molecule has 1 aromatic rings. The molecule has 0 bridgehead atoms. The van der Waals surface area contributed by atoms with Crippen LogP contribution in [0.5, 0.6) is 0 Å². The minimum Gasteiger partial charge on any atom is -0.374 e. The second kappa shape index (κ2) is 5.81. The third kappa shape index (κ3) is 3.21. The van der Waals surface area contributed by atoms with Crippen LogP contribution >= 0.6 is 11.3 Å². The van der Waals surface area contributed by atoms with Crippen molar-refractivity contribution in [1.82, 2.24) is 14.6 Å². The van der Waals surface area contributed by atoms with Crippen LogP contribution in [0.4, 0.5) is 0 Å². The second-order valence-electron chi connectivity index (χ2n) is 5.53. The van der Waals surface area contributed by atoms with Crippen molar-refractivity contribution in [3.05, 3.63) is 15.4 Å². The fraction of sp³-hybridized carbons (Fsp3) is 0.750. The van der Waals surface area contributed by atoms with Crippen molar-refractivity contribution >= 4 is 21.4 Å². The Balaban J connectivity index is 1.62. The summed E-state index contributed by atoms with van der Waals surface area (Å²) in [6.45, 7) is 4.31. The highest BCUT2D eigenvalue weighted by atomic mass is 32.2. The van der Waals surface area contributed by atoms with E-state index < -0.39 is 10.0 Å². The molecule has 2 aliphatic heterocycles. The highest BCUT2D eigenvalue weighted by Gasteiger charge is 2.33. The van der Waals surface area contributed by atoms with Gasteiger partial charge in [0.25, 0.3) is 10.0 Å². The molecule has 3 heterocycles.